The van der Waals surface area contributed by atoms with Crippen LogP contribution in [-0.2, 0) is 13.6 Å². The van der Waals surface area contributed by atoms with Crippen LogP contribution < -0.4 is 5.32 Å². The number of aryl methyl sites for hydroxylation is 1. The number of thiophene rings is 1. The molecule has 0 aliphatic rings. The third-order valence-electron chi connectivity index (χ3n) is 2.69. The van der Waals surface area contributed by atoms with Crippen LogP contribution in [0.25, 0.3) is 11.0 Å². The van der Waals surface area contributed by atoms with Crippen LogP contribution in [0.2, 0.25) is 0 Å². The molecule has 0 bridgehead atoms. The number of hydrogen-bond donors (Lipinski definition) is 1. The zero-order valence-corrected chi connectivity index (χ0v) is 12.1. The van der Waals surface area contributed by atoms with Crippen molar-refractivity contribution >= 4 is 44.1 Å². The average Bonchev–Trinajstić information content (AvgIpc) is 2.94. The second-order valence-corrected chi connectivity index (χ2v) is 5.88. The number of anilines is 1. The lowest BCUT2D eigenvalue weighted by Gasteiger charge is -2.04. The van der Waals surface area contributed by atoms with Crippen molar-refractivity contribution in [3.8, 4) is 0 Å². The lowest BCUT2D eigenvalue weighted by molar-refractivity contribution is 0.947. The molecule has 6 heteroatoms. The van der Waals surface area contributed by atoms with Crippen LogP contribution in [0.1, 0.15) is 4.88 Å². The van der Waals surface area contributed by atoms with Gasteiger partial charge in [0.05, 0.1) is 18.4 Å². The molecule has 0 atom stereocenters. The zero-order valence-electron chi connectivity index (χ0n) is 9.72. The van der Waals surface area contributed by atoms with Crippen LogP contribution in [0.3, 0.4) is 0 Å². The van der Waals surface area contributed by atoms with Crippen molar-refractivity contribution in [3.63, 3.8) is 0 Å². The summed E-state index contributed by atoms with van der Waals surface area (Å²) in [6.45, 7) is 0.763. The molecule has 3 rings (SSSR count). The fourth-order valence-electron chi connectivity index (χ4n) is 1.81. The van der Waals surface area contributed by atoms with Crippen LogP contribution in [0, 0.1) is 0 Å². The second kappa shape index (κ2) is 4.70. The van der Waals surface area contributed by atoms with Crippen molar-refractivity contribution < 1.29 is 0 Å². The molecule has 0 aliphatic carbocycles. The van der Waals surface area contributed by atoms with E-state index in [1.54, 1.807) is 23.9 Å². The predicted octanol–water partition coefficient (Wildman–Crippen LogP) is 3.40. The summed E-state index contributed by atoms with van der Waals surface area (Å²) in [6, 6.07) is 4.07. The lowest BCUT2D eigenvalue weighted by Crippen LogP contribution is -2.00. The van der Waals surface area contributed by atoms with E-state index in [4.69, 9.17) is 0 Å². The largest absolute Gasteiger partial charge is 0.363 e. The molecule has 3 aromatic rings. The van der Waals surface area contributed by atoms with Gasteiger partial charge in [-0.05, 0) is 28.1 Å². The predicted molar refractivity (Wildman–Crippen MR) is 77.9 cm³/mol. The summed E-state index contributed by atoms with van der Waals surface area (Å²) in [5.74, 6) is 0.831. The van der Waals surface area contributed by atoms with Crippen LogP contribution in [0.15, 0.2) is 34.5 Å². The Morgan fingerprint density at radius 2 is 2.33 bits per heavy atom. The number of aromatic nitrogens is 3. The van der Waals surface area contributed by atoms with Crippen molar-refractivity contribution in [1.29, 1.82) is 0 Å². The van der Waals surface area contributed by atoms with Gasteiger partial charge in [-0.3, -0.25) is 0 Å². The van der Waals surface area contributed by atoms with E-state index in [0.717, 1.165) is 27.9 Å². The molecular formula is C12H11BrN4S. The summed E-state index contributed by atoms with van der Waals surface area (Å²) in [5, 5.41) is 5.41. The minimum atomic E-state index is 0.763. The number of halogens is 1. The first-order chi connectivity index (χ1) is 8.74. The van der Waals surface area contributed by atoms with Crippen LogP contribution in [0.5, 0.6) is 0 Å². The number of nitrogens with zero attached hydrogens (tertiary/aromatic N) is 3. The van der Waals surface area contributed by atoms with E-state index in [1.165, 1.54) is 4.88 Å². The maximum absolute atomic E-state index is 4.37. The van der Waals surface area contributed by atoms with Gasteiger partial charge >= 0.3 is 0 Å². The highest BCUT2D eigenvalue weighted by Gasteiger charge is 2.06. The van der Waals surface area contributed by atoms with E-state index in [0.29, 0.717) is 0 Å². The van der Waals surface area contributed by atoms with Gasteiger partial charge in [0.25, 0.3) is 0 Å². The normalized spacial score (nSPS) is 11.0. The van der Waals surface area contributed by atoms with Gasteiger partial charge in [0.15, 0.2) is 5.82 Å². The summed E-state index contributed by atoms with van der Waals surface area (Å²) in [7, 11) is 1.98. The van der Waals surface area contributed by atoms with Gasteiger partial charge in [-0.25, -0.2) is 9.97 Å². The van der Waals surface area contributed by atoms with Gasteiger partial charge in [0.2, 0.25) is 0 Å². The number of hydrogen-bond acceptors (Lipinski definition) is 4. The molecule has 3 heterocycles. The van der Waals surface area contributed by atoms with Crippen LogP contribution in [-0.4, -0.2) is 14.5 Å². The summed E-state index contributed by atoms with van der Waals surface area (Å²) in [6.07, 6.45) is 3.61. The number of rotatable bonds is 3. The highest BCUT2D eigenvalue weighted by molar-refractivity contribution is 9.10. The van der Waals surface area contributed by atoms with Gasteiger partial charge in [0, 0.05) is 28.0 Å². The molecule has 0 aliphatic heterocycles. The number of fused-ring (bicyclic) bond motifs is 1. The van der Waals surface area contributed by atoms with Crippen molar-refractivity contribution in [3.05, 3.63) is 39.4 Å². The number of nitrogens with one attached hydrogen (secondary N) is 1. The summed E-state index contributed by atoms with van der Waals surface area (Å²) < 4.78 is 3.11. The molecule has 0 spiro atoms. The molecule has 0 saturated carbocycles. The highest BCUT2D eigenvalue weighted by Crippen LogP contribution is 2.22. The van der Waals surface area contributed by atoms with Gasteiger partial charge in [-0.15, -0.1) is 11.3 Å². The first-order valence-corrected chi connectivity index (χ1v) is 7.14. The Bertz CT molecular complexity index is 688. The summed E-state index contributed by atoms with van der Waals surface area (Å²) in [4.78, 5) is 9.98. The Morgan fingerprint density at radius 1 is 1.44 bits per heavy atom. The van der Waals surface area contributed by atoms with Gasteiger partial charge in [0.1, 0.15) is 5.52 Å². The molecule has 1 N–H and O–H groups in total. The van der Waals surface area contributed by atoms with Gasteiger partial charge < -0.3 is 9.88 Å². The Kier molecular flexibility index (Phi) is 3.05. The van der Waals surface area contributed by atoms with Gasteiger partial charge in [-0.2, -0.15) is 0 Å². The Hall–Kier alpha value is -1.40. The lowest BCUT2D eigenvalue weighted by atomic mass is 10.3. The fourth-order valence-corrected chi connectivity index (χ4v) is 3.20. The van der Waals surface area contributed by atoms with E-state index < -0.39 is 0 Å². The smallest absolute Gasteiger partial charge is 0.154 e. The molecule has 3 aromatic heterocycles. The topological polar surface area (TPSA) is 42.7 Å². The standard InChI is InChI=1S/C12H11BrN4S/c1-17-7-16-11-10(17)2-3-14-12(11)15-5-9-4-8(13)6-18-9/h2-4,6-7H,5H2,1H3,(H,14,15). The first kappa shape index (κ1) is 11.7. The first-order valence-electron chi connectivity index (χ1n) is 5.47. The van der Waals surface area contributed by atoms with E-state index in [2.05, 4.69) is 42.7 Å². The Balaban J connectivity index is 1.86. The molecule has 0 unspecified atom stereocenters. The second-order valence-electron chi connectivity index (χ2n) is 3.97. The third kappa shape index (κ3) is 2.13. The average molecular weight is 323 g/mol. The fraction of sp³-hybridized carbons (Fsp3) is 0.167. The van der Waals surface area contributed by atoms with Crippen LogP contribution in [0.4, 0.5) is 5.82 Å². The summed E-state index contributed by atoms with van der Waals surface area (Å²) in [5.41, 5.74) is 2.00. The molecule has 0 fully saturated rings. The van der Waals surface area contributed by atoms with Crippen molar-refractivity contribution in [2.75, 3.05) is 5.32 Å². The minimum absolute atomic E-state index is 0.763. The van der Waals surface area contributed by atoms with Crippen LogP contribution >= 0.6 is 27.3 Å². The van der Waals surface area contributed by atoms with E-state index in [-0.39, 0.29) is 0 Å². The SMILES string of the molecule is Cn1cnc2c(NCc3cc(Br)cs3)nccc21. The molecular weight excluding hydrogens is 312 g/mol. The zero-order chi connectivity index (χ0) is 12.5. The van der Waals surface area contributed by atoms with E-state index in [1.807, 2.05) is 17.7 Å². The molecule has 0 aromatic carbocycles. The monoisotopic (exact) mass is 322 g/mol. The van der Waals surface area contributed by atoms with E-state index >= 15 is 0 Å². The van der Waals surface area contributed by atoms with Crippen molar-refractivity contribution in [1.82, 2.24) is 14.5 Å². The maximum atomic E-state index is 4.37. The molecule has 0 saturated heterocycles. The van der Waals surface area contributed by atoms with Crippen molar-refractivity contribution in [2.45, 2.75) is 6.54 Å². The van der Waals surface area contributed by atoms with E-state index in [9.17, 15) is 0 Å². The van der Waals surface area contributed by atoms with Crippen molar-refractivity contribution in [2.24, 2.45) is 7.05 Å². The van der Waals surface area contributed by atoms with Gasteiger partial charge in [-0.1, -0.05) is 0 Å². The quantitative estimate of drug-likeness (QED) is 0.803. The maximum Gasteiger partial charge on any atom is 0.154 e. The Labute approximate surface area is 117 Å². The number of pyridine rings is 1. The Morgan fingerprint density at radius 3 is 3.11 bits per heavy atom. The summed E-state index contributed by atoms with van der Waals surface area (Å²) >= 11 is 5.17. The molecule has 18 heavy (non-hydrogen) atoms. The highest BCUT2D eigenvalue weighted by atomic mass is 79.9. The molecule has 92 valence electrons. The third-order valence-corrected chi connectivity index (χ3v) is 4.39. The molecule has 4 nitrogen and oxygen atoms in total. The molecule has 0 amide bonds. The minimum Gasteiger partial charge on any atom is -0.363 e. The number of imidazole rings is 1. The molecule has 0 radical (unpaired) electrons.